The molecule has 0 unspecified atom stereocenters. The first-order chi connectivity index (χ1) is 12.2. The van der Waals surface area contributed by atoms with Gasteiger partial charge in [0, 0.05) is 34.6 Å². The number of urea groups is 1. The Balaban J connectivity index is 1.89. The van der Waals surface area contributed by atoms with Crippen LogP contribution in [0.15, 0.2) is 30.3 Å². The van der Waals surface area contributed by atoms with Crippen LogP contribution in [0.25, 0.3) is 0 Å². The molecular weight excluding hydrogens is 354 g/mol. The van der Waals surface area contributed by atoms with E-state index in [0.29, 0.717) is 16.1 Å². The summed E-state index contributed by atoms with van der Waals surface area (Å²) in [5, 5.41) is 3.05. The van der Waals surface area contributed by atoms with Gasteiger partial charge in [0.1, 0.15) is 5.54 Å². The molecular formula is C19H20ClN3O3. The summed E-state index contributed by atoms with van der Waals surface area (Å²) in [6.45, 7) is 5.01. The van der Waals surface area contributed by atoms with Crippen LogP contribution in [0.2, 0.25) is 5.02 Å². The number of imide groups is 1. The number of hydrogen-bond acceptors (Lipinski definition) is 3. The monoisotopic (exact) mass is 373 g/mol. The van der Waals surface area contributed by atoms with Gasteiger partial charge < -0.3 is 9.88 Å². The molecule has 7 heteroatoms. The van der Waals surface area contributed by atoms with Crippen molar-refractivity contribution in [1.82, 2.24) is 14.8 Å². The summed E-state index contributed by atoms with van der Waals surface area (Å²) in [6, 6.07) is 8.01. The zero-order chi connectivity index (χ0) is 19.2. The van der Waals surface area contributed by atoms with Gasteiger partial charge in [0.15, 0.2) is 5.78 Å². The van der Waals surface area contributed by atoms with Crippen molar-refractivity contribution >= 4 is 29.3 Å². The fourth-order valence-electron chi connectivity index (χ4n) is 3.26. The molecule has 26 heavy (non-hydrogen) atoms. The first-order valence-electron chi connectivity index (χ1n) is 8.22. The first-order valence-corrected chi connectivity index (χ1v) is 8.60. The number of Topliss-reactive ketones (excluding diaryl/α,β-unsaturated/α-hetero) is 1. The molecule has 0 spiro atoms. The van der Waals surface area contributed by atoms with Crippen LogP contribution in [0.5, 0.6) is 0 Å². The highest BCUT2D eigenvalue weighted by Crippen LogP contribution is 2.33. The largest absolute Gasteiger partial charge is 0.351 e. The number of nitrogens with zero attached hydrogens (tertiary/aromatic N) is 2. The zero-order valence-electron chi connectivity index (χ0n) is 15.1. The minimum absolute atomic E-state index is 0.280. The van der Waals surface area contributed by atoms with E-state index in [1.807, 2.05) is 25.5 Å². The van der Waals surface area contributed by atoms with Crippen LogP contribution in [-0.4, -0.2) is 33.7 Å². The normalized spacial score (nSPS) is 19.8. The molecule has 1 aromatic heterocycles. The minimum atomic E-state index is -1.29. The summed E-state index contributed by atoms with van der Waals surface area (Å²) in [7, 11) is 1.86. The fraction of sp³-hybridized carbons (Fsp3) is 0.316. The smallest absolute Gasteiger partial charge is 0.325 e. The first kappa shape index (κ1) is 18.2. The Hall–Kier alpha value is -2.60. The predicted octanol–water partition coefficient (Wildman–Crippen LogP) is 2.95. The molecule has 3 amide bonds. The quantitative estimate of drug-likeness (QED) is 0.661. The van der Waals surface area contributed by atoms with E-state index in [1.165, 1.54) is 0 Å². The van der Waals surface area contributed by atoms with E-state index in [-0.39, 0.29) is 12.3 Å². The third-order valence-corrected chi connectivity index (χ3v) is 5.39. The molecule has 6 nitrogen and oxygen atoms in total. The molecule has 0 bridgehead atoms. The molecule has 0 saturated carbocycles. The molecule has 136 valence electrons. The van der Waals surface area contributed by atoms with Crippen LogP contribution < -0.4 is 5.32 Å². The van der Waals surface area contributed by atoms with E-state index in [1.54, 1.807) is 37.3 Å². The molecule has 2 heterocycles. The molecule has 1 aromatic carbocycles. The highest BCUT2D eigenvalue weighted by Gasteiger charge is 2.50. The predicted molar refractivity (Wildman–Crippen MR) is 98.3 cm³/mol. The van der Waals surface area contributed by atoms with Gasteiger partial charge in [-0.3, -0.25) is 14.5 Å². The Morgan fingerprint density at radius 1 is 1.23 bits per heavy atom. The highest BCUT2D eigenvalue weighted by molar-refractivity contribution is 6.32. The Labute approximate surface area is 156 Å². The summed E-state index contributed by atoms with van der Waals surface area (Å²) in [6.07, 6.45) is 0. The highest BCUT2D eigenvalue weighted by atomic mass is 35.5. The zero-order valence-corrected chi connectivity index (χ0v) is 15.8. The summed E-state index contributed by atoms with van der Waals surface area (Å²) >= 11 is 6.21. The molecule has 1 saturated heterocycles. The van der Waals surface area contributed by atoms with Gasteiger partial charge in [-0.05, 0) is 32.9 Å². The second kappa shape index (κ2) is 6.29. The molecule has 0 radical (unpaired) electrons. The van der Waals surface area contributed by atoms with Crippen molar-refractivity contribution in [2.75, 3.05) is 6.54 Å². The van der Waals surface area contributed by atoms with Gasteiger partial charge in [-0.15, -0.1) is 0 Å². The molecule has 2 aromatic rings. The standard InChI is InChI=1S/C19H20ClN3O3/c1-11-9-13(12(2)22(11)4)16(24)10-23-17(25)19(3,21-18(23)26)14-7-5-6-8-15(14)20/h5-9H,10H2,1-4H3,(H,21,26)/t19-/m0/s1. The maximum atomic E-state index is 12.9. The van der Waals surface area contributed by atoms with Gasteiger partial charge in [0.2, 0.25) is 0 Å². The van der Waals surface area contributed by atoms with Crippen molar-refractivity contribution in [1.29, 1.82) is 0 Å². The number of aryl methyl sites for hydroxylation is 1. The van der Waals surface area contributed by atoms with E-state index in [4.69, 9.17) is 11.6 Å². The Morgan fingerprint density at radius 3 is 2.46 bits per heavy atom. The van der Waals surface area contributed by atoms with Gasteiger partial charge >= 0.3 is 6.03 Å². The average molecular weight is 374 g/mol. The maximum Gasteiger partial charge on any atom is 0.325 e. The lowest BCUT2D eigenvalue weighted by molar-refractivity contribution is -0.130. The fourth-order valence-corrected chi connectivity index (χ4v) is 3.58. The third kappa shape index (κ3) is 2.70. The van der Waals surface area contributed by atoms with Crippen LogP contribution in [-0.2, 0) is 17.4 Å². The molecule has 1 atom stereocenters. The van der Waals surface area contributed by atoms with Gasteiger partial charge in [-0.1, -0.05) is 29.8 Å². The van der Waals surface area contributed by atoms with Crippen LogP contribution in [0.3, 0.4) is 0 Å². The minimum Gasteiger partial charge on any atom is -0.351 e. The summed E-state index contributed by atoms with van der Waals surface area (Å²) in [4.78, 5) is 39.0. The van der Waals surface area contributed by atoms with Crippen LogP contribution in [0, 0.1) is 13.8 Å². The average Bonchev–Trinajstić information content (AvgIpc) is 2.97. The topological polar surface area (TPSA) is 71.4 Å². The van der Waals surface area contributed by atoms with E-state index >= 15 is 0 Å². The van der Waals surface area contributed by atoms with E-state index in [0.717, 1.165) is 16.3 Å². The van der Waals surface area contributed by atoms with Crippen LogP contribution >= 0.6 is 11.6 Å². The van der Waals surface area contributed by atoms with Crippen LogP contribution in [0.1, 0.15) is 34.2 Å². The number of amides is 3. The molecule has 3 rings (SSSR count). The van der Waals surface area contributed by atoms with Crippen molar-refractivity contribution in [3.05, 3.63) is 57.9 Å². The van der Waals surface area contributed by atoms with Gasteiger partial charge in [0.25, 0.3) is 5.91 Å². The molecule has 0 aliphatic carbocycles. The van der Waals surface area contributed by atoms with Gasteiger partial charge in [0.05, 0.1) is 6.54 Å². The number of carbonyl (C=O) groups excluding carboxylic acids is 3. The molecule has 1 N–H and O–H groups in total. The number of aromatic nitrogens is 1. The van der Waals surface area contributed by atoms with Crippen LogP contribution in [0.4, 0.5) is 4.79 Å². The number of ketones is 1. The van der Waals surface area contributed by atoms with Crippen molar-refractivity contribution in [3.8, 4) is 0 Å². The number of halogens is 1. The molecule has 1 aliphatic rings. The lowest BCUT2D eigenvalue weighted by Crippen LogP contribution is -2.41. The third-order valence-electron chi connectivity index (χ3n) is 5.06. The summed E-state index contributed by atoms with van der Waals surface area (Å²) in [5.41, 5.74) is 1.45. The maximum absolute atomic E-state index is 12.9. The van der Waals surface area contributed by atoms with Crippen molar-refractivity contribution in [2.45, 2.75) is 26.3 Å². The summed E-state index contributed by atoms with van der Waals surface area (Å²) in [5.74, 6) is -0.771. The number of benzene rings is 1. The second-order valence-electron chi connectivity index (χ2n) is 6.69. The van der Waals surface area contributed by atoms with E-state index in [2.05, 4.69) is 5.32 Å². The van der Waals surface area contributed by atoms with Crippen molar-refractivity contribution in [3.63, 3.8) is 0 Å². The second-order valence-corrected chi connectivity index (χ2v) is 7.10. The Morgan fingerprint density at radius 2 is 1.88 bits per heavy atom. The number of carbonyl (C=O) groups is 3. The summed E-state index contributed by atoms with van der Waals surface area (Å²) < 4.78 is 1.90. The van der Waals surface area contributed by atoms with Gasteiger partial charge in [-0.25, -0.2) is 4.79 Å². The lowest BCUT2D eigenvalue weighted by atomic mass is 9.92. The SMILES string of the molecule is Cc1cc(C(=O)CN2C(=O)N[C@@](C)(c3ccccc3Cl)C2=O)c(C)n1C. The Bertz CT molecular complexity index is 934. The molecule has 1 fully saturated rings. The lowest BCUT2D eigenvalue weighted by Gasteiger charge is -2.23. The Kier molecular flexibility index (Phi) is 4.40. The van der Waals surface area contributed by atoms with E-state index < -0.39 is 17.5 Å². The molecule has 1 aliphatic heterocycles. The van der Waals surface area contributed by atoms with Gasteiger partial charge in [-0.2, -0.15) is 0 Å². The number of nitrogens with one attached hydrogen (secondary N) is 1. The van der Waals surface area contributed by atoms with Crippen molar-refractivity contribution in [2.24, 2.45) is 7.05 Å². The van der Waals surface area contributed by atoms with E-state index in [9.17, 15) is 14.4 Å². The number of hydrogen-bond donors (Lipinski definition) is 1. The van der Waals surface area contributed by atoms with Crippen molar-refractivity contribution < 1.29 is 14.4 Å². The number of rotatable bonds is 4.